The number of nitrogens with zero attached hydrogens (tertiary/aromatic N) is 4. The van der Waals surface area contributed by atoms with E-state index in [9.17, 15) is 9.18 Å². The molecule has 0 spiro atoms. The molecule has 1 saturated heterocycles. The summed E-state index contributed by atoms with van der Waals surface area (Å²) in [5.41, 5.74) is 2.02. The first-order valence-electron chi connectivity index (χ1n) is 8.88. The van der Waals surface area contributed by atoms with Crippen molar-refractivity contribution in [1.82, 2.24) is 15.2 Å². The molecule has 28 heavy (non-hydrogen) atoms. The van der Waals surface area contributed by atoms with Gasteiger partial charge in [0.1, 0.15) is 29.0 Å². The van der Waals surface area contributed by atoms with Crippen molar-refractivity contribution in [3.63, 3.8) is 0 Å². The molecule has 0 saturated carbocycles. The van der Waals surface area contributed by atoms with Gasteiger partial charge in [0.25, 0.3) is 5.91 Å². The minimum absolute atomic E-state index is 0.0960. The van der Waals surface area contributed by atoms with Crippen molar-refractivity contribution in [2.45, 2.75) is 18.9 Å². The standard InChI is InChI=1S/C19H18FN5O2S/c20-14-2-4-15(5-3-14)27-16-7-9-25(10-8-16)17-6-1-13(11-21-17)18(26)23-19-24-22-12-28-19/h1-6,11-12,16H,7-10H2,(H,23,24,26). The van der Waals surface area contributed by atoms with E-state index in [1.807, 2.05) is 6.07 Å². The number of anilines is 2. The monoisotopic (exact) mass is 399 g/mol. The zero-order valence-corrected chi connectivity index (χ0v) is 15.7. The summed E-state index contributed by atoms with van der Waals surface area (Å²) in [5, 5.41) is 10.6. The Balaban J connectivity index is 1.30. The van der Waals surface area contributed by atoms with Crippen LogP contribution >= 0.6 is 11.3 Å². The van der Waals surface area contributed by atoms with Crippen LogP contribution in [-0.4, -0.2) is 40.3 Å². The minimum Gasteiger partial charge on any atom is -0.490 e. The molecule has 3 heterocycles. The molecule has 0 unspecified atom stereocenters. The molecular weight excluding hydrogens is 381 g/mol. The van der Waals surface area contributed by atoms with Crippen LogP contribution in [0.15, 0.2) is 48.1 Å². The smallest absolute Gasteiger partial charge is 0.259 e. The predicted octanol–water partition coefficient (Wildman–Crippen LogP) is 3.37. The molecule has 1 N–H and O–H groups in total. The number of carbonyl (C=O) groups is 1. The normalized spacial score (nSPS) is 14.7. The Morgan fingerprint density at radius 2 is 1.96 bits per heavy atom. The second-order valence-electron chi connectivity index (χ2n) is 6.36. The van der Waals surface area contributed by atoms with Crippen LogP contribution in [-0.2, 0) is 0 Å². The van der Waals surface area contributed by atoms with Crippen molar-refractivity contribution in [2.75, 3.05) is 23.3 Å². The van der Waals surface area contributed by atoms with Crippen LogP contribution in [0.3, 0.4) is 0 Å². The number of piperidine rings is 1. The molecule has 4 rings (SSSR count). The summed E-state index contributed by atoms with van der Waals surface area (Å²) in [5.74, 6) is 0.979. The van der Waals surface area contributed by atoms with E-state index in [1.54, 1.807) is 29.9 Å². The van der Waals surface area contributed by atoms with E-state index in [4.69, 9.17) is 4.74 Å². The van der Waals surface area contributed by atoms with E-state index in [2.05, 4.69) is 25.4 Å². The van der Waals surface area contributed by atoms with Crippen molar-refractivity contribution in [3.8, 4) is 5.75 Å². The SMILES string of the molecule is O=C(Nc1nncs1)c1ccc(N2CCC(Oc3ccc(F)cc3)CC2)nc1. The fourth-order valence-corrected chi connectivity index (χ4v) is 3.45. The molecule has 2 aromatic heterocycles. The third kappa shape index (κ3) is 4.42. The van der Waals surface area contributed by atoms with Crippen LogP contribution in [0.5, 0.6) is 5.75 Å². The predicted molar refractivity (Wildman–Crippen MR) is 104 cm³/mol. The first-order chi connectivity index (χ1) is 13.7. The molecule has 1 aliphatic rings. The third-order valence-electron chi connectivity index (χ3n) is 4.47. The zero-order valence-electron chi connectivity index (χ0n) is 14.9. The number of ether oxygens (including phenoxy) is 1. The van der Waals surface area contributed by atoms with Gasteiger partial charge >= 0.3 is 0 Å². The van der Waals surface area contributed by atoms with Gasteiger partial charge in [-0.1, -0.05) is 11.3 Å². The highest BCUT2D eigenvalue weighted by Crippen LogP contribution is 2.22. The van der Waals surface area contributed by atoms with Crippen LogP contribution < -0.4 is 15.0 Å². The first kappa shape index (κ1) is 18.3. The maximum absolute atomic E-state index is 13.0. The maximum Gasteiger partial charge on any atom is 0.259 e. The van der Waals surface area contributed by atoms with Crippen LogP contribution in [0.25, 0.3) is 0 Å². The molecule has 0 bridgehead atoms. The number of hydrogen-bond donors (Lipinski definition) is 1. The second-order valence-corrected chi connectivity index (χ2v) is 7.19. The van der Waals surface area contributed by atoms with E-state index in [0.717, 1.165) is 31.7 Å². The highest BCUT2D eigenvalue weighted by atomic mass is 32.1. The van der Waals surface area contributed by atoms with E-state index < -0.39 is 0 Å². The molecular formula is C19H18FN5O2S. The molecule has 1 amide bonds. The number of carbonyl (C=O) groups excluding carboxylic acids is 1. The Kier molecular flexibility index (Phi) is 5.43. The summed E-state index contributed by atoms with van der Waals surface area (Å²) in [6.45, 7) is 1.60. The van der Waals surface area contributed by atoms with Crippen molar-refractivity contribution < 1.29 is 13.9 Å². The lowest BCUT2D eigenvalue weighted by Crippen LogP contribution is -2.38. The van der Waals surface area contributed by atoms with Crippen LogP contribution in [0, 0.1) is 5.82 Å². The zero-order chi connectivity index (χ0) is 19.3. The quantitative estimate of drug-likeness (QED) is 0.709. The Morgan fingerprint density at radius 1 is 1.18 bits per heavy atom. The summed E-state index contributed by atoms with van der Waals surface area (Å²) in [6.07, 6.45) is 3.35. The van der Waals surface area contributed by atoms with Gasteiger partial charge in [0, 0.05) is 32.1 Å². The molecule has 1 aromatic carbocycles. The van der Waals surface area contributed by atoms with Crippen LogP contribution in [0.1, 0.15) is 23.2 Å². The van der Waals surface area contributed by atoms with E-state index in [0.29, 0.717) is 16.4 Å². The van der Waals surface area contributed by atoms with Crippen LogP contribution in [0.2, 0.25) is 0 Å². The number of rotatable bonds is 5. The van der Waals surface area contributed by atoms with Crippen LogP contribution in [0.4, 0.5) is 15.3 Å². The van der Waals surface area contributed by atoms with E-state index in [-0.39, 0.29) is 17.8 Å². The first-order valence-corrected chi connectivity index (χ1v) is 9.76. The molecule has 0 atom stereocenters. The van der Waals surface area contributed by atoms with Crippen molar-refractivity contribution in [2.24, 2.45) is 0 Å². The van der Waals surface area contributed by atoms with Gasteiger partial charge in [0.05, 0.1) is 5.56 Å². The highest BCUT2D eigenvalue weighted by molar-refractivity contribution is 7.13. The van der Waals surface area contributed by atoms with Gasteiger partial charge in [-0.2, -0.15) is 0 Å². The lowest BCUT2D eigenvalue weighted by atomic mass is 10.1. The fraction of sp³-hybridized carbons (Fsp3) is 0.263. The molecule has 9 heteroatoms. The summed E-state index contributed by atoms with van der Waals surface area (Å²) < 4.78 is 18.9. The van der Waals surface area contributed by atoms with Crippen molar-refractivity contribution >= 4 is 28.2 Å². The topological polar surface area (TPSA) is 80.2 Å². The average molecular weight is 399 g/mol. The van der Waals surface area contributed by atoms with Gasteiger partial charge < -0.3 is 9.64 Å². The van der Waals surface area contributed by atoms with Crippen molar-refractivity contribution in [3.05, 3.63) is 59.5 Å². The van der Waals surface area contributed by atoms with E-state index in [1.165, 1.54) is 23.5 Å². The summed E-state index contributed by atoms with van der Waals surface area (Å²) in [6, 6.07) is 9.69. The number of pyridine rings is 1. The lowest BCUT2D eigenvalue weighted by Gasteiger charge is -2.33. The van der Waals surface area contributed by atoms with Gasteiger partial charge in [0.15, 0.2) is 0 Å². The largest absolute Gasteiger partial charge is 0.490 e. The third-order valence-corrected chi connectivity index (χ3v) is 5.08. The lowest BCUT2D eigenvalue weighted by molar-refractivity contribution is 0.102. The number of amides is 1. The number of halogens is 1. The van der Waals surface area contributed by atoms with Gasteiger partial charge in [-0.15, -0.1) is 10.2 Å². The Hall–Kier alpha value is -3.07. The van der Waals surface area contributed by atoms with Crippen molar-refractivity contribution in [1.29, 1.82) is 0 Å². The molecule has 0 aliphatic carbocycles. The summed E-state index contributed by atoms with van der Waals surface area (Å²) in [4.78, 5) is 18.8. The Morgan fingerprint density at radius 3 is 2.61 bits per heavy atom. The Labute approximate surface area is 165 Å². The van der Waals surface area contributed by atoms with E-state index >= 15 is 0 Å². The number of hydrogen-bond acceptors (Lipinski definition) is 7. The van der Waals surface area contributed by atoms with Gasteiger partial charge in [-0.3, -0.25) is 10.1 Å². The van der Waals surface area contributed by atoms with Gasteiger partial charge in [-0.05, 0) is 36.4 Å². The highest BCUT2D eigenvalue weighted by Gasteiger charge is 2.22. The van der Waals surface area contributed by atoms with Gasteiger partial charge in [0.2, 0.25) is 5.13 Å². The fourth-order valence-electron chi connectivity index (χ4n) is 3.01. The average Bonchev–Trinajstić information content (AvgIpc) is 3.23. The summed E-state index contributed by atoms with van der Waals surface area (Å²) in [7, 11) is 0. The maximum atomic E-state index is 13.0. The summed E-state index contributed by atoms with van der Waals surface area (Å²) >= 11 is 1.26. The van der Waals surface area contributed by atoms with Gasteiger partial charge in [-0.25, -0.2) is 9.37 Å². The number of nitrogens with one attached hydrogen (secondary N) is 1. The molecule has 0 radical (unpaired) electrons. The molecule has 7 nitrogen and oxygen atoms in total. The molecule has 1 fully saturated rings. The second kappa shape index (κ2) is 8.30. The molecule has 1 aliphatic heterocycles. The minimum atomic E-state index is -0.270. The molecule has 3 aromatic rings. The number of benzene rings is 1. The number of aromatic nitrogens is 3. The molecule has 144 valence electrons. The Bertz CT molecular complexity index is 911.